The molecule has 0 bridgehead atoms. The Morgan fingerprint density at radius 3 is 2.02 bits per heavy atom. The van der Waals surface area contributed by atoms with Crippen molar-refractivity contribution in [1.82, 2.24) is 20.3 Å². The molecule has 0 fully saturated rings. The average Bonchev–Trinajstić information content (AvgIpc) is 3.16. The van der Waals surface area contributed by atoms with Gasteiger partial charge in [-0.25, -0.2) is 9.97 Å². The Bertz CT molecular complexity index is 1660. The Kier molecular flexibility index (Phi) is 7.16. The van der Waals surface area contributed by atoms with Crippen molar-refractivity contribution in [1.29, 1.82) is 0 Å². The molecule has 1 atom stereocenters. The number of allylic oxidation sites excluding steroid dienone is 5. The van der Waals surface area contributed by atoms with Crippen LogP contribution in [0.15, 0.2) is 158 Å². The number of aromatic nitrogens is 2. The van der Waals surface area contributed by atoms with E-state index < -0.39 is 0 Å². The van der Waals surface area contributed by atoms with Crippen molar-refractivity contribution in [3.05, 3.63) is 163 Å². The van der Waals surface area contributed by atoms with Gasteiger partial charge in [0.2, 0.25) is 0 Å². The number of nitrogens with zero attached hydrogens (tertiary/aromatic N) is 3. The molecule has 200 valence electrons. The van der Waals surface area contributed by atoms with Crippen molar-refractivity contribution in [2.75, 3.05) is 0 Å². The minimum Gasteiger partial charge on any atom is -0.377 e. The third-order valence-electron chi connectivity index (χ3n) is 6.98. The van der Waals surface area contributed by atoms with Crippen LogP contribution in [-0.4, -0.2) is 21.2 Å². The third-order valence-corrected chi connectivity index (χ3v) is 6.98. The van der Waals surface area contributed by atoms with Gasteiger partial charge in [0.25, 0.3) is 0 Å². The van der Waals surface area contributed by atoms with Crippen molar-refractivity contribution in [3.8, 4) is 33.9 Å². The highest BCUT2D eigenvalue weighted by Crippen LogP contribution is 2.31. The van der Waals surface area contributed by atoms with Crippen LogP contribution in [-0.2, 0) is 4.84 Å². The molecule has 41 heavy (non-hydrogen) atoms. The molecule has 3 aromatic carbocycles. The largest absolute Gasteiger partial charge is 0.377 e. The summed E-state index contributed by atoms with van der Waals surface area (Å²) in [4.78, 5) is 16.2. The van der Waals surface area contributed by atoms with Gasteiger partial charge in [0.05, 0.1) is 11.4 Å². The number of nitrogens with one attached hydrogen (secondary N) is 1. The van der Waals surface area contributed by atoms with Crippen LogP contribution in [0.4, 0.5) is 0 Å². The van der Waals surface area contributed by atoms with Crippen LogP contribution >= 0.6 is 0 Å². The van der Waals surface area contributed by atoms with Crippen LogP contribution in [0.2, 0.25) is 0 Å². The second-order valence-electron chi connectivity index (χ2n) is 9.72. The van der Waals surface area contributed by atoms with Gasteiger partial charge in [-0.05, 0) is 30.7 Å². The van der Waals surface area contributed by atoms with Gasteiger partial charge in [-0.1, -0.05) is 116 Å². The normalized spacial score (nSPS) is 16.5. The number of hydrogen-bond donors (Lipinski definition) is 1. The molecule has 2 aliphatic heterocycles. The standard InChI is InChI=1S/C36H30N4O/c1-4-12-34-31(5-2)25(3)37-35-22-21-30(24-40(35)41-34)26-17-19-29(20-18-26)36-38-32(27-13-8-6-9-14-27)23-33(39-36)28-15-10-7-11-16-28/h4-24,35,37H,2-3H2,1H3/b12-4-. The van der Waals surface area contributed by atoms with Crippen molar-refractivity contribution in [2.24, 2.45) is 0 Å². The highest BCUT2D eigenvalue weighted by atomic mass is 16.7. The molecule has 0 radical (unpaired) electrons. The lowest BCUT2D eigenvalue weighted by Crippen LogP contribution is -2.40. The van der Waals surface area contributed by atoms with E-state index in [4.69, 9.17) is 14.8 Å². The van der Waals surface area contributed by atoms with Crippen LogP contribution in [0, 0.1) is 0 Å². The lowest BCUT2D eigenvalue weighted by Gasteiger charge is -2.30. The fourth-order valence-electron chi connectivity index (χ4n) is 4.87. The smallest absolute Gasteiger partial charge is 0.164 e. The molecular weight excluding hydrogens is 504 g/mol. The Labute approximate surface area is 240 Å². The summed E-state index contributed by atoms with van der Waals surface area (Å²) in [5.41, 5.74) is 8.49. The second-order valence-corrected chi connectivity index (χ2v) is 9.72. The number of hydroxylamine groups is 2. The maximum absolute atomic E-state index is 6.27. The van der Waals surface area contributed by atoms with Gasteiger partial charge >= 0.3 is 0 Å². The van der Waals surface area contributed by atoms with Gasteiger partial charge < -0.3 is 10.2 Å². The van der Waals surface area contributed by atoms with Crippen LogP contribution in [0.5, 0.6) is 0 Å². The molecule has 5 heteroatoms. The summed E-state index contributed by atoms with van der Waals surface area (Å²) in [6.07, 6.45) is 11.6. The summed E-state index contributed by atoms with van der Waals surface area (Å²) in [6, 6.07) is 30.8. The van der Waals surface area contributed by atoms with Crippen molar-refractivity contribution >= 4 is 5.57 Å². The van der Waals surface area contributed by atoms with Gasteiger partial charge in [-0.2, -0.15) is 5.06 Å². The molecule has 0 saturated heterocycles. The summed E-state index contributed by atoms with van der Waals surface area (Å²) in [5.74, 6) is 1.37. The molecule has 1 unspecified atom stereocenters. The first-order valence-electron chi connectivity index (χ1n) is 13.6. The first-order chi connectivity index (χ1) is 20.1. The number of hydrogen-bond acceptors (Lipinski definition) is 5. The van der Waals surface area contributed by atoms with Gasteiger partial charge in [0, 0.05) is 39.7 Å². The van der Waals surface area contributed by atoms with E-state index in [0.29, 0.717) is 11.6 Å². The first kappa shape index (κ1) is 25.8. The molecule has 1 N–H and O–H groups in total. The van der Waals surface area contributed by atoms with Crippen LogP contribution < -0.4 is 5.32 Å². The Morgan fingerprint density at radius 2 is 1.44 bits per heavy atom. The highest BCUT2D eigenvalue weighted by molar-refractivity contribution is 5.77. The zero-order valence-electron chi connectivity index (χ0n) is 22.9. The van der Waals surface area contributed by atoms with E-state index in [2.05, 4.69) is 85.2 Å². The monoisotopic (exact) mass is 534 g/mol. The molecule has 0 saturated carbocycles. The molecule has 6 rings (SSSR count). The minimum absolute atomic E-state index is 0.186. The predicted octanol–water partition coefficient (Wildman–Crippen LogP) is 8.08. The third kappa shape index (κ3) is 5.38. The molecule has 0 aliphatic carbocycles. The second kappa shape index (κ2) is 11.4. The maximum Gasteiger partial charge on any atom is 0.164 e. The van der Waals surface area contributed by atoms with E-state index in [1.165, 1.54) is 0 Å². The van der Waals surface area contributed by atoms with Gasteiger partial charge in [-0.3, -0.25) is 0 Å². The summed E-state index contributed by atoms with van der Waals surface area (Å²) in [7, 11) is 0. The quantitative estimate of drug-likeness (QED) is 0.271. The van der Waals surface area contributed by atoms with Crippen molar-refractivity contribution in [2.45, 2.75) is 13.1 Å². The lowest BCUT2D eigenvalue weighted by atomic mass is 10.0. The van der Waals surface area contributed by atoms with E-state index in [9.17, 15) is 0 Å². The van der Waals surface area contributed by atoms with Gasteiger partial charge in [-0.15, -0.1) is 0 Å². The van der Waals surface area contributed by atoms with E-state index in [1.54, 1.807) is 11.1 Å². The molecule has 5 nitrogen and oxygen atoms in total. The topological polar surface area (TPSA) is 50.3 Å². The predicted molar refractivity (Wildman–Crippen MR) is 166 cm³/mol. The Hall–Kier alpha value is -5.42. The first-order valence-corrected chi connectivity index (χ1v) is 13.6. The molecule has 0 spiro atoms. The minimum atomic E-state index is -0.186. The number of rotatable bonds is 6. The van der Waals surface area contributed by atoms with E-state index in [1.807, 2.05) is 61.7 Å². The number of fused-ring (bicyclic) bond motifs is 1. The van der Waals surface area contributed by atoms with Gasteiger partial charge in [0.1, 0.15) is 0 Å². The van der Waals surface area contributed by atoms with Crippen molar-refractivity contribution in [3.63, 3.8) is 0 Å². The lowest BCUT2D eigenvalue weighted by molar-refractivity contribution is -0.0932. The zero-order valence-corrected chi connectivity index (χ0v) is 22.9. The zero-order chi connectivity index (χ0) is 28.2. The Morgan fingerprint density at radius 1 is 0.829 bits per heavy atom. The van der Waals surface area contributed by atoms with Crippen LogP contribution in [0.25, 0.3) is 39.5 Å². The van der Waals surface area contributed by atoms with Crippen molar-refractivity contribution < 1.29 is 4.84 Å². The van der Waals surface area contributed by atoms with Crippen LogP contribution in [0.3, 0.4) is 0 Å². The fourth-order valence-corrected chi connectivity index (χ4v) is 4.87. The molecule has 0 amide bonds. The highest BCUT2D eigenvalue weighted by Gasteiger charge is 2.26. The van der Waals surface area contributed by atoms with Crippen LogP contribution in [0.1, 0.15) is 12.5 Å². The number of benzene rings is 3. The summed E-state index contributed by atoms with van der Waals surface area (Å²) >= 11 is 0. The summed E-state index contributed by atoms with van der Waals surface area (Å²) in [5, 5.41) is 5.21. The SMILES string of the molecule is C=CC1=C(/C=C\C)ON2C=C(c3ccc(-c4nc(-c5ccccc5)cc(-c5ccccc5)n4)cc3)C=CC2NC1=C. The van der Waals surface area contributed by atoms with E-state index in [-0.39, 0.29) is 6.17 Å². The molecule has 4 aromatic rings. The molecule has 2 aliphatic rings. The van der Waals surface area contributed by atoms with E-state index in [0.717, 1.165) is 50.5 Å². The molecular formula is C36H30N4O. The average molecular weight is 535 g/mol. The van der Waals surface area contributed by atoms with Gasteiger partial charge in [0.15, 0.2) is 17.7 Å². The van der Waals surface area contributed by atoms with E-state index >= 15 is 0 Å². The molecule has 1 aromatic heterocycles. The maximum atomic E-state index is 6.27. The summed E-state index contributed by atoms with van der Waals surface area (Å²) < 4.78 is 0. The molecule has 3 heterocycles. The Balaban J connectivity index is 1.33. The fraction of sp³-hybridized carbons (Fsp3) is 0.0556. The summed E-state index contributed by atoms with van der Waals surface area (Å²) in [6.45, 7) is 10.1.